The lowest BCUT2D eigenvalue weighted by Crippen LogP contribution is -2.17. The second kappa shape index (κ2) is 9.00. The first-order valence-electron chi connectivity index (χ1n) is 16.6. The van der Waals surface area contributed by atoms with Gasteiger partial charge in [0.2, 0.25) is 0 Å². The van der Waals surface area contributed by atoms with Crippen LogP contribution in [0.1, 0.15) is 21.9 Å². The molecule has 0 spiro atoms. The fourth-order valence-electron chi connectivity index (χ4n) is 8.69. The third-order valence-corrected chi connectivity index (χ3v) is 12.0. The zero-order chi connectivity index (χ0) is 31.1. The Bertz CT molecular complexity index is 3010. The van der Waals surface area contributed by atoms with E-state index >= 15 is 0 Å². The number of fused-ring (bicyclic) bond motifs is 2. The Labute approximate surface area is 279 Å². The molecule has 7 aromatic carbocycles. The molecule has 0 bridgehead atoms. The first-order valence-corrected chi connectivity index (χ1v) is 17.5. The van der Waals surface area contributed by atoms with Gasteiger partial charge in [0.1, 0.15) is 0 Å². The molecular formula is C44H25N3S. The fourth-order valence-corrected chi connectivity index (χ4v) is 9.95. The highest BCUT2D eigenvalue weighted by atomic mass is 32.2. The molecule has 4 heteroatoms. The van der Waals surface area contributed by atoms with Crippen LogP contribution >= 0.6 is 11.8 Å². The van der Waals surface area contributed by atoms with Crippen molar-refractivity contribution in [1.82, 2.24) is 14.5 Å². The van der Waals surface area contributed by atoms with E-state index in [1.54, 1.807) is 0 Å². The van der Waals surface area contributed by atoms with Crippen LogP contribution in [0.25, 0.3) is 94.6 Å². The number of hydrogen-bond donors (Lipinski definition) is 0. The molecule has 12 rings (SSSR count). The molecule has 0 radical (unpaired) electrons. The van der Waals surface area contributed by atoms with Crippen molar-refractivity contribution in [3.8, 4) is 28.3 Å². The van der Waals surface area contributed by atoms with Crippen molar-refractivity contribution in [3.05, 3.63) is 143 Å². The maximum Gasteiger partial charge on any atom is 0.160 e. The predicted octanol–water partition coefficient (Wildman–Crippen LogP) is 10.6. The summed E-state index contributed by atoms with van der Waals surface area (Å²) in [5.74, 6) is 0.745. The second-order valence-corrected chi connectivity index (χ2v) is 14.4. The Morgan fingerprint density at radius 1 is 0.667 bits per heavy atom. The number of thioether (sulfide) groups is 1. The molecule has 1 atom stereocenters. The summed E-state index contributed by atoms with van der Waals surface area (Å²) >= 11 is 2.02. The third-order valence-electron chi connectivity index (χ3n) is 10.7. The predicted molar refractivity (Wildman–Crippen MR) is 201 cm³/mol. The highest BCUT2D eigenvalue weighted by Crippen LogP contribution is 2.57. The van der Waals surface area contributed by atoms with Crippen molar-refractivity contribution in [2.75, 3.05) is 0 Å². The lowest BCUT2D eigenvalue weighted by atomic mass is 9.84. The van der Waals surface area contributed by atoms with Crippen LogP contribution in [-0.4, -0.2) is 14.5 Å². The van der Waals surface area contributed by atoms with Crippen LogP contribution in [-0.2, 0) is 6.42 Å². The van der Waals surface area contributed by atoms with E-state index in [9.17, 15) is 0 Å². The average Bonchev–Trinajstić information content (AvgIpc) is 3.71. The quantitative estimate of drug-likeness (QED) is 0.183. The number of aromatic nitrogens is 3. The summed E-state index contributed by atoms with van der Waals surface area (Å²) in [7, 11) is 0. The van der Waals surface area contributed by atoms with Gasteiger partial charge in [-0.15, -0.1) is 11.8 Å². The van der Waals surface area contributed by atoms with Gasteiger partial charge in [-0.1, -0.05) is 97.1 Å². The standard InChI is InChI=1S/C44H25N3S/c1-2-6-26(7-3-1)43-31-8-4-5-9-32(31)45-44(46-43)29-11-10-28-23-30(17-12-27(28)22-29)47-33-18-13-24-15-20-35-41-37(24)39(33)40-34(47)19-14-25-16-21-36(48-35)42(41)38(25)40/h1-13,15-23,35H,14H2. The Hall–Kier alpha value is -5.71. The SMILES string of the molecule is C1=CC2Sc3ccc4c5c3c2c2c1ccc1c2c5c(n1-c1ccc2cc(-c3nc(-c5ccccc5)c5ccccc5n3)ccc2c1)=CC4. The molecule has 3 heterocycles. The first-order chi connectivity index (χ1) is 23.8. The zero-order valence-electron chi connectivity index (χ0n) is 25.7. The van der Waals surface area contributed by atoms with E-state index < -0.39 is 0 Å². The van der Waals surface area contributed by atoms with Crippen LogP contribution in [0.2, 0.25) is 0 Å². The van der Waals surface area contributed by atoms with Gasteiger partial charge in [-0.05, 0) is 81.1 Å². The maximum absolute atomic E-state index is 5.13. The lowest BCUT2D eigenvalue weighted by molar-refractivity contribution is 1.08. The van der Waals surface area contributed by atoms with E-state index in [-0.39, 0.29) is 0 Å². The zero-order valence-corrected chi connectivity index (χ0v) is 26.6. The van der Waals surface area contributed by atoms with Crippen LogP contribution in [0.15, 0.2) is 126 Å². The van der Waals surface area contributed by atoms with Gasteiger partial charge in [0, 0.05) is 43.3 Å². The number of nitrogens with zero attached hydrogens (tertiary/aromatic N) is 3. The third kappa shape index (κ3) is 3.21. The van der Waals surface area contributed by atoms with Crippen molar-refractivity contribution >= 4 is 78.0 Å². The van der Waals surface area contributed by atoms with Crippen LogP contribution in [0.4, 0.5) is 0 Å². The van der Waals surface area contributed by atoms with E-state index in [1.165, 1.54) is 75.8 Å². The molecule has 0 N–H and O–H groups in total. The summed E-state index contributed by atoms with van der Waals surface area (Å²) in [5.41, 5.74) is 10.9. The number of rotatable bonds is 3. The molecule has 0 fully saturated rings. The van der Waals surface area contributed by atoms with Crippen molar-refractivity contribution < 1.29 is 0 Å². The van der Waals surface area contributed by atoms with Crippen LogP contribution in [0.3, 0.4) is 0 Å². The van der Waals surface area contributed by atoms with Gasteiger partial charge in [0.25, 0.3) is 0 Å². The van der Waals surface area contributed by atoms with E-state index in [4.69, 9.17) is 9.97 Å². The highest BCUT2D eigenvalue weighted by molar-refractivity contribution is 8.00. The summed E-state index contributed by atoms with van der Waals surface area (Å²) < 4.78 is 2.52. The van der Waals surface area contributed by atoms with Gasteiger partial charge in [0.05, 0.1) is 27.3 Å². The van der Waals surface area contributed by atoms with Crippen molar-refractivity contribution in [1.29, 1.82) is 0 Å². The minimum absolute atomic E-state index is 0.403. The Morgan fingerprint density at radius 2 is 1.54 bits per heavy atom. The fraction of sp³-hybridized carbons (Fsp3) is 0.0455. The first kappa shape index (κ1) is 25.4. The minimum Gasteiger partial charge on any atom is -0.309 e. The molecule has 3 aliphatic rings. The summed E-state index contributed by atoms with van der Waals surface area (Å²) in [5, 5.41) is 12.5. The van der Waals surface area contributed by atoms with Crippen molar-refractivity contribution in [2.45, 2.75) is 16.6 Å². The summed E-state index contributed by atoms with van der Waals surface area (Å²) in [6.07, 6.45) is 8.16. The molecule has 0 saturated carbocycles. The molecule has 2 aromatic heterocycles. The van der Waals surface area contributed by atoms with E-state index in [1.807, 2.05) is 23.9 Å². The average molecular weight is 628 g/mol. The van der Waals surface area contributed by atoms with Crippen LogP contribution < -0.4 is 5.35 Å². The molecule has 2 aliphatic carbocycles. The molecule has 9 aromatic rings. The van der Waals surface area contributed by atoms with Gasteiger partial charge in [0.15, 0.2) is 5.82 Å². The molecule has 1 unspecified atom stereocenters. The van der Waals surface area contributed by atoms with Gasteiger partial charge in [-0.3, -0.25) is 0 Å². The topological polar surface area (TPSA) is 30.7 Å². The van der Waals surface area contributed by atoms with E-state index in [0.29, 0.717) is 5.25 Å². The van der Waals surface area contributed by atoms with Gasteiger partial charge < -0.3 is 4.57 Å². The molecule has 48 heavy (non-hydrogen) atoms. The molecular weight excluding hydrogens is 603 g/mol. The lowest BCUT2D eigenvalue weighted by Gasteiger charge is -2.19. The molecule has 1 aliphatic heterocycles. The number of benzene rings is 7. The smallest absolute Gasteiger partial charge is 0.160 e. The summed E-state index contributed by atoms with van der Waals surface area (Å²) in [6, 6.07) is 41.7. The van der Waals surface area contributed by atoms with Crippen LogP contribution in [0, 0.1) is 0 Å². The van der Waals surface area contributed by atoms with E-state index in [2.05, 4.69) is 126 Å². The molecule has 222 valence electrons. The molecule has 0 amide bonds. The Balaban J connectivity index is 1.06. The van der Waals surface area contributed by atoms with Gasteiger partial charge >= 0.3 is 0 Å². The van der Waals surface area contributed by atoms with Crippen molar-refractivity contribution in [2.24, 2.45) is 0 Å². The summed E-state index contributed by atoms with van der Waals surface area (Å²) in [4.78, 5) is 11.6. The highest BCUT2D eigenvalue weighted by Gasteiger charge is 2.34. The Kier molecular flexibility index (Phi) is 4.76. The van der Waals surface area contributed by atoms with Crippen LogP contribution in [0.5, 0.6) is 0 Å². The summed E-state index contributed by atoms with van der Waals surface area (Å²) in [6.45, 7) is 0. The van der Waals surface area contributed by atoms with Gasteiger partial charge in [-0.25, -0.2) is 9.97 Å². The Morgan fingerprint density at radius 3 is 2.50 bits per heavy atom. The largest absolute Gasteiger partial charge is 0.309 e. The van der Waals surface area contributed by atoms with Gasteiger partial charge in [-0.2, -0.15) is 0 Å². The molecule has 3 nitrogen and oxygen atoms in total. The number of hydrogen-bond acceptors (Lipinski definition) is 3. The normalized spacial score (nSPS) is 15.6. The molecule has 0 saturated heterocycles. The monoisotopic (exact) mass is 627 g/mol. The maximum atomic E-state index is 5.13. The van der Waals surface area contributed by atoms with Crippen molar-refractivity contribution in [3.63, 3.8) is 0 Å². The van der Waals surface area contributed by atoms with E-state index in [0.717, 1.165) is 40.0 Å². The minimum atomic E-state index is 0.403. The second-order valence-electron chi connectivity index (χ2n) is 13.2. The number of para-hydroxylation sites is 1.